The molecule has 12 N–H and O–H groups in total. The number of amides is 3. The summed E-state index contributed by atoms with van der Waals surface area (Å²) in [4.78, 5) is 55.3. The first-order chi connectivity index (χ1) is 16.5. The average Bonchev–Trinajstić information content (AvgIpc) is 3.29. The van der Waals surface area contributed by atoms with E-state index in [9.17, 15) is 29.4 Å². The van der Waals surface area contributed by atoms with Crippen LogP contribution in [0.1, 0.15) is 51.9 Å². The van der Waals surface area contributed by atoms with E-state index in [2.05, 4.69) is 15.6 Å². The van der Waals surface area contributed by atoms with Crippen LogP contribution in [0.25, 0.3) is 0 Å². The minimum absolute atomic E-state index is 0.0868. The molecule has 0 saturated carbocycles. The number of aliphatic hydroxyl groups is 1. The van der Waals surface area contributed by atoms with Gasteiger partial charge in [-0.2, -0.15) is 0 Å². The summed E-state index contributed by atoms with van der Waals surface area (Å²) in [5.41, 5.74) is 21.8. The first-order valence-corrected chi connectivity index (χ1v) is 11.8. The summed E-state index contributed by atoms with van der Waals surface area (Å²) >= 11 is 0. The molecule has 1 aliphatic rings. The third-order valence-corrected chi connectivity index (χ3v) is 5.78. The van der Waals surface area contributed by atoms with Gasteiger partial charge in [0.25, 0.3) is 0 Å². The maximum Gasteiger partial charge on any atom is 0.326 e. The number of likely N-dealkylation sites (tertiary alicyclic amines) is 1. The van der Waals surface area contributed by atoms with Crippen LogP contribution >= 0.6 is 0 Å². The zero-order valence-electron chi connectivity index (χ0n) is 20.2. The third kappa shape index (κ3) is 10.0. The summed E-state index contributed by atoms with van der Waals surface area (Å²) in [5, 5.41) is 24.3. The van der Waals surface area contributed by atoms with Crippen molar-refractivity contribution in [3.05, 3.63) is 0 Å². The maximum absolute atomic E-state index is 13.0. The van der Waals surface area contributed by atoms with Gasteiger partial charge in [-0.1, -0.05) is 0 Å². The van der Waals surface area contributed by atoms with Crippen molar-refractivity contribution in [3.63, 3.8) is 0 Å². The molecular formula is C21H40N8O6. The molecule has 0 aromatic heterocycles. The van der Waals surface area contributed by atoms with E-state index in [0.29, 0.717) is 45.2 Å². The molecule has 1 saturated heterocycles. The van der Waals surface area contributed by atoms with Crippen LogP contribution in [0.5, 0.6) is 0 Å². The number of nitrogens with two attached hydrogens (primary N) is 4. The van der Waals surface area contributed by atoms with Crippen molar-refractivity contribution in [2.45, 2.75) is 82.1 Å². The predicted octanol–water partition coefficient (Wildman–Crippen LogP) is -3.08. The average molecular weight is 501 g/mol. The fraction of sp³-hybridized carbons (Fsp3) is 0.762. The molecule has 0 aromatic carbocycles. The number of nitrogens with zero attached hydrogens (tertiary/aromatic N) is 2. The van der Waals surface area contributed by atoms with Gasteiger partial charge in [0.05, 0.1) is 6.10 Å². The van der Waals surface area contributed by atoms with Gasteiger partial charge in [-0.3, -0.25) is 19.4 Å². The fourth-order valence-corrected chi connectivity index (χ4v) is 3.76. The highest BCUT2D eigenvalue weighted by Gasteiger charge is 2.38. The van der Waals surface area contributed by atoms with Crippen LogP contribution in [0.15, 0.2) is 4.99 Å². The second kappa shape index (κ2) is 15.1. The summed E-state index contributed by atoms with van der Waals surface area (Å²) in [7, 11) is 0. The Morgan fingerprint density at radius 3 is 2.31 bits per heavy atom. The first-order valence-electron chi connectivity index (χ1n) is 11.8. The van der Waals surface area contributed by atoms with Crippen LogP contribution in [0, 0.1) is 0 Å². The number of hydrogen-bond donors (Lipinski definition) is 8. The van der Waals surface area contributed by atoms with Gasteiger partial charge < -0.3 is 48.7 Å². The van der Waals surface area contributed by atoms with Gasteiger partial charge in [-0.25, -0.2) is 4.79 Å². The smallest absolute Gasteiger partial charge is 0.326 e. The van der Waals surface area contributed by atoms with E-state index < -0.39 is 54.0 Å². The molecule has 3 amide bonds. The Bertz CT molecular complexity index is 758. The van der Waals surface area contributed by atoms with Crippen LogP contribution in [0.3, 0.4) is 0 Å². The molecule has 1 aliphatic heterocycles. The number of aliphatic imine (C=N–C) groups is 1. The minimum atomic E-state index is -1.23. The Labute approximate surface area is 204 Å². The molecule has 5 atom stereocenters. The lowest BCUT2D eigenvalue weighted by Crippen LogP contribution is -2.57. The number of carboxylic acids is 1. The summed E-state index contributed by atoms with van der Waals surface area (Å²) in [6.45, 7) is 2.30. The summed E-state index contributed by atoms with van der Waals surface area (Å²) in [6, 6.07) is -4.22. The highest BCUT2D eigenvalue weighted by Crippen LogP contribution is 2.19. The van der Waals surface area contributed by atoms with E-state index in [1.165, 1.54) is 11.8 Å². The Hall–Kier alpha value is -2.97. The zero-order valence-corrected chi connectivity index (χ0v) is 20.2. The molecule has 0 aliphatic carbocycles. The molecule has 5 unspecified atom stereocenters. The lowest BCUT2D eigenvalue weighted by atomic mass is 10.1. The Kier molecular flexibility index (Phi) is 13.0. The SMILES string of the molecule is CC(O)C(N)C(=O)N1CCCC1C(=O)NC(CCCCN)C(=O)NC(CCCN=C(N)N)C(=O)O. The molecule has 1 fully saturated rings. The number of unbranched alkanes of at least 4 members (excludes halogenated alkanes) is 1. The van der Waals surface area contributed by atoms with Gasteiger partial charge in [-0.05, 0) is 58.4 Å². The molecule has 35 heavy (non-hydrogen) atoms. The van der Waals surface area contributed by atoms with Gasteiger partial charge in [-0.15, -0.1) is 0 Å². The zero-order chi connectivity index (χ0) is 26.5. The van der Waals surface area contributed by atoms with E-state index in [1.54, 1.807) is 0 Å². The van der Waals surface area contributed by atoms with E-state index >= 15 is 0 Å². The Morgan fingerprint density at radius 2 is 1.74 bits per heavy atom. The van der Waals surface area contributed by atoms with E-state index in [4.69, 9.17) is 22.9 Å². The second-order valence-corrected chi connectivity index (χ2v) is 8.65. The van der Waals surface area contributed by atoms with Crippen molar-refractivity contribution in [3.8, 4) is 0 Å². The number of hydrogen-bond acceptors (Lipinski definition) is 8. The molecule has 1 heterocycles. The standard InChI is InChI=1S/C21H40N8O6/c1-12(30)16(23)19(33)29-11-5-8-15(29)18(32)27-13(6-2-3-9-22)17(31)28-14(20(34)35)7-4-10-26-21(24)25/h12-16,30H,2-11,22-23H2,1H3,(H,27,32)(H,28,31)(H,34,35)(H4,24,25,26). The van der Waals surface area contributed by atoms with Crippen molar-refractivity contribution in [2.24, 2.45) is 27.9 Å². The van der Waals surface area contributed by atoms with Crippen molar-refractivity contribution in [2.75, 3.05) is 19.6 Å². The Balaban J connectivity index is 2.88. The number of aliphatic hydroxyl groups excluding tert-OH is 1. The van der Waals surface area contributed by atoms with Gasteiger partial charge in [0.1, 0.15) is 24.2 Å². The fourth-order valence-electron chi connectivity index (χ4n) is 3.76. The number of rotatable bonds is 15. The summed E-state index contributed by atoms with van der Waals surface area (Å²) in [6.07, 6.45) is 1.64. The van der Waals surface area contributed by atoms with Crippen molar-refractivity contribution < 1.29 is 29.4 Å². The van der Waals surface area contributed by atoms with Crippen molar-refractivity contribution >= 4 is 29.7 Å². The van der Waals surface area contributed by atoms with E-state index in [-0.39, 0.29) is 25.3 Å². The molecule has 0 aromatic rings. The van der Waals surface area contributed by atoms with Gasteiger partial charge in [0, 0.05) is 13.1 Å². The molecule has 14 nitrogen and oxygen atoms in total. The normalized spacial score (nSPS) is 18.7. The van der Waals surface area contributed by atoms with Crippen LogP contribution in [0.4, 0.5) is 0 Å². The largest absolute Gasteiger partial charge is 0.480 e. The van der Waals surface area contributed by atoms with Gasteiger partial charge in [0.2, 0.25) is 17.7 Å². The van der Waals surface area contributed by atoms with Crippen LogP contribution in [-0.2, 0) is 19.2 Å². The number of aliphatic carboxylic acids is 1. The van der Waals surface area contributed by atoms with Crippen LogP contribution in [0.2, 0.25) is 0 Å². The molecule has 200 valence electrons. The highest BCUT2D eigenvalue weighted by atomic mass is 16.4. The highest BCUT2D eigenvalue weighted by molar-refractivity contribution is 5.94. The first kappa shape index (κ1) is 30.1. The number of carbonyl (C=O) groups excluding carboxylic acids is 3. The lowest BCUT2D eigenvalue weighted by molar-refractivity contribution is -0.143. The maximum atomic E-state index is 13.0. The van der Waals surface area contributed by atoms with E-state index in [0.717, 1.165) is 0 Å². The Morgan fingerprint density at radius 1 is 1.09 bits per heavy atom. The monoisotopic (exact) mass is 500 g/mol. The molecule has 14 heteroatoms. The number of carboxylic acid groups (broad SMARTS) is 1. The number of carbonyl (C=O) groups is 4. The van der Waals surface area contributed by atoms with Crippen LogP contribution < -0.4 is 33.6 Å². The minimum Gasteiger partial charge on any atom is -0.480 e. The van der Waals surface area contributed by atoms with Crippen LogP contribution in [-0.4, -0.2) is 94.7 Å². The molecule has 0 radical (unpaired) electrons. The summed E-state index contributed by atoms with van der Waals surface area (Å²) in [5.74, 6) is -3.08. The van der Waals surface area contributed by atoms with Crippen molar-refractivity contribution in [1.29, 1.82) is 0 Å². The third-order valence-electron chi connectivity index (χ3n) is 5.78. The second-order valence-electron chi connectivity index (χ2n) is 8.65. The molecular weight excluding hydrogens is 460 g/mol. The summed E-state index contributed by atoms with van der Waals surface area (Å²) < 4.78 is 0. The quantitative estimate of drug-likeness (QED) is 0.0639. The van der Waals surface area contributed by atoms with Gasteiger partial charge >= 0.3 is 5.97 Å². The number of guanidine groups is 1. The molecule has 0 spiro atoms. The lowest BCUT2D eigenvalue weighted by Gasteiger charge is -2.29. The molecule has 0 bridgehead atoms. The predicted molar refractivity (Wildman–Crippen MR) is 129 cm³/mol. The van der Waals surface area contributed by atoms with E-state index in [1.807, 2.05) is 0 Å². The van der Waals surface area contributed by atoms with Crippen molar-refractivity contribution in [1.82, 2.24) is 15.5 Å². The topological polar surface area (TPSA) is 252 Å². The molecule has 1 rings (SSSR count). The van der Waals surface area contributed by atoms with Gasteiger partial charge in [0.15, 0.2) is 5.96 Å². The number of nitrogens with one attached hydrogen (secondary N) is 2.